The minimum absolute atomic E-state index is 0.0806. The van der Waals surface area contributed by atoms with E-state index in [4.69, 9.17) is 21.1 Å². The summed E-state index contributed by atoms with van der Waals surface area (Å²) in [5, 5.41) is 0.671. The van der Waals surface area contributed by atoms with Gasteiger partial charge in [-0.25, -0.2) is 0 Å². The molecule has 3 rings (SSSR count). The van der Waals surface area contributed by atoms with Gasteiger partial charge in [0.15, 0.2) is 0 Å². The SMILES string of the molecule is COC(=O)[C@@H]1CC(=O)N(c2ccc(OCc3cccc(Cl)c3)cc2)C1. The number of carbonyl (C=O) groups is 2. The average Bonchev–Trinajstić information content (AvgIpc) is 3.01. The van der Waals surface area contributed by atoms with Gasteiger partial charge in [-0.15, -0.1) is 0 Å². The molecule has 0 radical (unpaired) electrons. The van der Waals surface area contributed by atoms with Crippen molar-refractivity contribution in [2.45, 2.75) is 13.0 Å². The van der Waals surface area contributed by atoms with E-state index in [9.17, 15) is 9.59 Å². The first-order valence-corrected chi connectivity index (χ1v) is 8.30. The molecule has 1 aliphatic rings. The Morgan fingerprint density at radius 2 is 2.00 bits per heavy atom. The Morgan fingerprint density at radius 1 is 1.24 bits per heavy atom. The molecule has 1 amide bonds. The predicted molar refractivity (Wildman–Crippen MR) is 94.7 cm³/mol. The van der Waals surface area contributed by atoms with Crippen LogP contribution >= 0.6 is 11.6 Å². The Bertz CT molecular complexity index is 775. The van der Waals surface area contributed by atoms with E-state index in [1.54, 1.807) is 17.0 Å². The van der Waals surface area contributed by atoms with Crippen LogP contribution in [-0.2, 0) is 20.9 Å². The fourth-order valence-corrected chi connectivity index (χ4v) is 3.01. The highest BCUT2D eigenvalue weighted by atomic mass is 35.5. The summed E-state index contributed by atoms with van der Waals surface area (Å²) in [7, 11) is 1.33. The number of benzene rings is 2. The third-order valence-corrected chi connectivity index (χ3v) is 4.34. The normalized spacial score (nSPS) is 16.8. The van der Waals surface area contributed by atoms with Crippen LogP contribution in [0.25, 0.3) is 0 Å². The molecule has 0 N–H and O–H groups in total. The van der Waals surface area contributed by atoms with E-state index in [-0.39, 0.29) is 18.3 Å². The monoisotopic (exact) mass is 359 g/mol. The summed E-state index contributed by atoms with van der Waals surface area (Å²) in [6, 6.07) is 14.7. The molecule has 0 spiro atoms. The Kier molecular flexibility index (Phi) is 5.24. The molecule has 0 bridgehead atoms. The Hall–Kier alpha value is -2.53. The zero-order valence-electron chi connectivity index (χ0n) is 13.8. The van der Waals surface area contributed by atoms with E-state index in [2.05, 4.69) is 0 Å². The molecule has 5 nitrogen and oxygen atoms in total. The zero-order chi connectivity index (χ0) is 17.8. The number of hydrogen-bond acceptors (Lipinski definition) is 4. The average molecular weight is 360 g/mol. The van der Waals surface area contributed by atoms with E-state index in [1.165, 1.54) is 7.11 Å². The standard InChI is InChI=1S/C19H18ClNO4/c1-24-19(23)14-10-18(22)21(11-14)16-5-7-17(8-6-16)25-12-13-3-2-4-15(20)9-13/h2-9,14H,10-12H2,1H3/t14-/m1/s1. The minimum atomic E-state index is -0.406. The van der Waals surface area contributed by atoms with Gasteiger partial charge in [-0.1, -0.05) is 23.7 Å². The molecule has 130 valence electrons. The predicted octanol–water partition coefficient (Wildman–Crippen LogP) is 3.44. The largest absolute Gasteiger partial charge is 0.489 e. The summed E-state index contributed by atoms with van der Waals surface area (Å²) in [6.07, 6.45) is 0.180. The number of carbonyl (C=O) groups excluding carboxylic acids is 2. The van der Waals surface area contributed by atoms with E-state index in [1.807, 2.05) is 36.4 Å². The van der Waals surface area contributed by atoms with Crippen LogP contribution in [0, 0.1) is 5.92 Å². The molecule has 1 heterocycles. The van der Waals surface area contributed by atoms with E-state index < -0.39 is 5.92 Å². The van der Waals surface area contributed by atoms with Crippen LogP contribution in [0.3, 0.4) is 0 Å². The molecule has 2 aromatic carbocycles. The molecule has 0 aliphatic carbocycles. The van der Waals surface area contributed by atoms with Crippen molar-refractivity contribution < 1.29 is 19.1 Å². The van der Waals surface area contributed by atoms with Crippen molar-refractivity contribution in [1.29, 1.82) is 0 Å². The van der Waals surface area contributed by atoms with Gasteiger partial charge in [0.05, 0.1) is 13.0 Å². The lowest BCUT2D eigenvalue weighted by atomic mass is 10.1. The molecule has 0 unspecified atom stereocenters. The van der Waals surface area contributed by atoms with Crippen LogP contribution in [0.15, 0.2) is 48.5 Å². The molecule has 2 aromatic rings. The van der Waals surface area contributed by atoms with Gasteiger partial charge >= 0.3 is 5.97 Å². The minimum Gasteiger partial charge on any atom is -0.489 e. The molecule has 1 fully saturated rings. The fraction of sp³-hybridized carbons (Fsp3) is 0.263. The molecule has 1 atom stereocenters. The third kappa shape index (κ3) is 4.12. The second-order valence-corrected chi connectivity index (χ2v) is 6.28. The molecular formula is C19H18ClNO4. The number of halogens is 1. The Morgan fingerprint density at radius 3 is 2.68 bits per heavy atom. The highest BCUT2D eigenvalue weighted by Crippen LogP contribution is 2.27. The van der Waals surface area contributed by atoms with Gasteiger partial charge in [0, 0.05) is 23.7 Å². The Balaban J connectivity index is 1.62. The van der Waals surface area contributed by atoms with Crippen molar-refractivity contribution in [3.8, 4) is 5.75 Å². The Labute approximate surface area is 151 Å². The van der Waals surface area contributed by atoms with Crippen LogP contribution < -0.4 is 9.64 Å². The third-order valence-electron chi connectivity index (χ3n) is 4.10. The van der Waals surface area contributed by atoms with Crippen molar-refractivity contribution in [3.63, 3.8) is 0 Å². The van der Waals surface area contributed by atoms with Gasteiger partial charge in [-0.05, 0) is 42.0 Å². The number of rotatable bonds is 5. The molecule has 0 saturated carbocycles. The quantitative estimate of drug-likeness (QED) is 0.767. The summed E-state index contributed by atoms with van der Waals surface area (Å²) in [4.78, 5) is 25.3. The number of methoxy groups -OCH3 is 1. The van der Waals surface area contributed by atoms with Crippen molar-refractivity contribution >= 4 is 29.2 Å². The maximum absolute atomic E-state index is 12.1. The van der Waals surface area contributed by atoms with Crippen LogP contribution in [0.5, 0.6) is 5.75 Å². The molecule has 25 heavy (non-hydrogen) atoms. The lowest BCUT2D eigenvalue weighted by molar-refractivity contribution is -0.145. The van der Waals surface area contributed by atoms with Gasteiger partial charge in [0.1, 0.15) is 12.4 Å². The maximum Gasteiger partial charge on any atom is 0.311 e. The van der Waals surface area contributed by atoms with Crippen molar-refractivity contribution in [2.24, 2.45) is 5.92 Å². The molecule has 0 aromatic heterocycles. The maximum atomic E-state index is 12.1. The van der Waals surface area contributed by atoms with Gasteiger partial charge < -0.3 is 14.4 Å². The number of ether oxygens (including phenoxy) is 2. The summed E-state index contributed by atoms with van der Waals surface area (Å²) in [5.41, 5.74) is 1.72. The number of amides is 1. The van der Waals surface area contributed by atoms with Gasteiger partial charge in [-0.3, -0.25) is 9.59 Å². The van der Waals surface area contributed by atoms with Gasteiger partial charge in [-0.2, -0.15) is 0 Å². The summed E-state index contributed by atoms with van der Waals surface area (Å²) in [5.74, 6) is -0.142. The van der Waals surface area contributed by atoms with Crippen molar-refractivity contribution in [2.75, 3.05) is 18.6 Å². The number of nitrogens with zero attached hydrogens (tertiary/aromatic N) is 1. The number of hydrogen-bond donors (Lipinski definition) is 0. The second kappa shape index (κ2) is 7.57. The molecule has 1 aliphatic heterocycles. The van der Waals surface area contributed by atoms with E-state index in [0.29, 0.717) is 23.9 Å². The molecule has 1 saturated heterocycles. The van der Waals surface area contributed by atoms with Gasteiger partial charge in [0.2, 0.25) is 5.91 Å². The van der Waals surface area contributed by atoms with Gasteiger partial charge in [0.25, 0.3) is 0 Å². The number of esters is 1. The highest BCUT2D eigenvalue weighted by Gasteiger charge is 2.35. The summed E-state index contributed by atoms with van der Waals surface area (Å²) in [6.45, 7) is 0.751. The van der Waals surface area contributed by atoms with Crippen LogP contribution in [0.4, 0.5) is 5.69 Å². The fourth-order valence-electron chi connectivity index (χ4n) is 2.80. The first-order valence-electron chi connectivity index (χ1n) is 7.92. The first-order chi connectivity index (χ1) is 12.1. The lowest BCUT2D eigenvalue weighted by Crippen LogP contribution is -2.26. The van der Waals surface area contributed by atoms with Crippen molar-refractivity contribution in [3.05, 3.63) is 59.1 Å². The zero-order valence-corrected chi connectivity index (χ0v) is 14.5. The van der Waals surface area contributed by atoms with E-state index >= 15 is 0 Å². The summed E-state index contributed by atoms with van der Waals surface area (Å²) >= 11 is 5.95. The summed E-state index contributed by atoms with van der Waals surface area (Å²) < 4.78 is 10.5. The highest BCUT2D eigenvalue weighted by molar-refractivity contribution is 6.30. The number of anilines is 1. The topological polar surface area (TPSA) is 55.8 Å². The molecular weight excluding hydrogens is 342 g/mol. The second-order valence-electron chi connectivity index (χ2n) is 5.84. The smallest absolute Gasteiger partial charge is 0.311 e. The first kappa shape index (κ1) is 17.3. The van der Waals surface area contributed by atoms with E-state index in [0.717, 1.165) is 11.3 Å². The molecule has 6 heteroatoms. The van der Waals surface area contributed by atoms with Crippen LogP contribution in [-0.4, -0.2) is 25.5 Å². The van der Waals surface area contributed by atoms with Crippen molar-refractivity contribution in [1.82, 2.24) is 0 Å². The van der Waals surface area contributed by atoms with Crippen LogP contribution in [0.2, 0.25) is 5.02 Å². The van der Waals surface area contributed by atoms with Crippen LogP contribution in [0.1, 0.15) is 12.0 Å². The lowest BCUT2D eigenvalue weighted by Gasteiger charge is -2.17.